The zero-order valence-corrected chi connectivity index (χ0v) is 10.2. The van der Waals surface area contributed by atoms with E-state index in [1.165, 1.54) is 11.8 Å². The largest absolute Gasteiger partial charge is 0.447 e. The number of benzene rings is 1. The Bertz CT molecular complexity index is 421. The van der Waals surface area contributed by atoms with Crippen LogP contribution in [0.25, 0.3) is 0 Å². The van der Waals surface area contributed by atoms with Crippen LogP contribution in [-0.4, -0.2) is 6.29 Å². The van der Waals surface area contributed by atoms with Gasteiger partial charge in [-0.25, -0.2) is 0 Å². The van der Waals surface area contributed by atoms with E-state index in [1.54, 1.807) is 12.1 Å². The van der Waals surface area contributed by atoms with E-state index in [1.807, 2.05) is 44.2 Å². The predicted molar refractivity (Wildman–Crippen MR) is 66.0 cm³/mol. The van der Waals surface area contributed by atoms with E-state index in [9.17, 15) is 4.79 Å². The molecule has 0 spiro atoms. The molecule has 0 N–H and O–H groups in total. The van der Waals surface area contributed by atoms with E-state index in [4.69, 9.17) is 4.42 Å². The summed E-state index contributed by atoms with van der Waals surface area (Å²) in [5.74, 6) is 0.364. The lowest BCUT2D eigenvalue weighted by Crippen LogP contribution is -1.69. The van der Waals surface area contributed by atoms with Crippen molar-refractivity contribution in [2.45, 2.75) is 23.8 Å². The summed E-state index contributed by atoms with van der Waals surface area (Å²) >= 11 is 1.50. The van der Waals surface area contributed by atoms with Gasteiger partial charge in [0.15, 0.2) is 17.1 Å². The highest BCUT2D eigenvalue weighted by molar-refractivity contribution is 7.99. The van der Waals surface area contributed by atoms with Crippen LogP contribution in [0.2, 0.25) is 0 Å². The highest BCUT2D eigenvalue weighted by Gasteiger charge is 2.02. The fourth-order valence-electron chi connectivity index (χ4n) is 1.06. The van der Waals surface area contributed by atoms with Crippen molar-refractivity contribution in [1.29, 1.82) is 0 Å². The zero-order valence-electron chi connectivity index (χ0n) is 9.34. The van der Waals surface area contributed by atoms with Gasteiger partial charge in [0.2, 0.25) is 0 Å². The molecule has 1 aromatic heterocycles. The molecule has 0 bridgehead atoms. The number of hydrogen-bond donors (Lipinski definition) is 0. The molecular weight excluding hydrogens is 220 g/mol. The molecule has 0 fully saturated rings. The molecule has 16 heavy (non-hydrogen) atoms. The Morgan fingerprint density at radius 3 is 2.31 bits per heavy atom. The SMILES string of the molecule is CC.O=Cc1ccc(Sc2ccccc2)o1. The number of carbonyl (C=O) groups excluding carboxylic acids is 1. The molecule has 3 heteroatoms. The van der Waals surface area contributed by atoms with Gasteiger partial charge in [-0.3, -0.25) is 4.79 Å². The second kappa shape index (κ2) is 6.90. The summed E-state index contributed by atoms with van der Waals surface area (Å²) in [6.07, 6.45) is 0.703. The van der Waals surface area contributed by atoms with Crippen molar-refractivity contribution in [3.8, 4) is 0 Å². The maximum Gasteiger partial charge on any atom is 0.185 e. The molecular formula is C13H14O2S. The molecule has 2 aromatic rings. The third-order valence-electron chi connectivity index (χ3n) is 1.68. The lowest BCUT2D eigenvalue weighted by atomic mass is 10.4. The van der Waals surface area contributed by atoms with Gasteiger partial charge in [0, 0.05) is 4.90 Å². The zero-order chi connectivity index (χ0) is 11.8. The standard InChI is InChI=1S/C11H8O2S.C2H6/c12-8-9-6-7-11(13-9)14-10-4-2-1-3-5-10;1-2/h1-8H;1-2H3. The van der Waals surface area contributed by atoms with Gasteiger partial charge in [-0.15, -0.1) is 0 Å². The molecule has 1 heterocycles. The van der Waals surface area contributed by atoms with Gasteiger partial charge in [-0.2, -0.15) is 0 Å². The smallest absolute Gasteiger partial charge is 0.185 e. The first-order chi connectivity index (χ1) is 7.88. The fraction of sp³-hybridized carbons (Fsp3) is 0.154. The Balaban J connectivity index is 0.000000606. The minimum Gasteiger partial charge on any atom is -0.447 e. The van der Waals surface area contributed by atoms with Crippen LogP contribution in [0.1, 0.15) is 24.4 Å². The van der Waals surface area contributed by atoms with E-state index in [-0.39, 0.29) is 0 Å². The highest BCUT2D eigenvalue weighted by Crippen LogP contribution is 2.28. The van der Waals surface area contributed by atoms with E-state index < -0.39 is 0 Å². The quantitative estimate of drug-likeness (QED) is 0.743. The molecule has 0 aliphatic rings. The van der Waals surface area contributed by atoms with Crippen molar-refractivity contribution in [1.82, 2.24) is 0 Å². The summed E-state index contributed by atoms with van der Waals surface area (Å²) in [7, 11) is 0. The van der Waals surface area contributed by atoms with Gasteiger partial charge < -0.3 is 4.42 Å². The van der Waals surface area contributed by atoms with Gasteiger partial charge in [-0.1, -0.05) is 43.8 Å². The molecule has 2 nitrogen and oxygen atoms in total. The molecule has 2 rings (SSSR count). The Morgan fingerprint density at radius 1 is 1.06 bits per heavy atom. The van der Waals surface area contributed by atoms with Crippen LogP contribution >= 0.6 is 11.8 Å². The van der Waals surface area contributed by atoms with Crippen LogP contribution in [0.3, 0.4) is 0 Å². The first kappa shape index (κ1) is 12.6. The molecule has 0 atom stereocenters. The average molecular weight is 234 g/mol. The van der Waals surface area contributed by atoms with Crippen molar-refractivity contribution >= 4 is 18.0 Å². The lowest BCUT2D eigenvalue weighted by molar-refractivity contribution is 0.109. The highest BCUT2D eigenvalue weighted by atomic mass is 32.2. The molecule has 0 saturated heterocycles. The molecule has 0 aliphatic heterocycles. The first-order valence-electron chi connectivity index (χ1n) is 5.16. The van der Waals surface area contributed by atoms with Crippen LogP contribution in [-0.2, 0) is 0 Å². The summed E-state index contributed by atoms with van der Waals surface area (Å²) in [6.45, 7) is 4.00. The Labute approximate surface area is 99.7 Å². The van der Waals surface area contributed by atoms with Crippen molar-refractivity contribution in [3.05, 3.63) is 48.2 Å². The molecule has 0 amide bonds. The number of furan rings is 1. The maximum absolute atomic E-state index is 10.4. The fourth-order valence-corrected chi connectivity index (χ4v) is 1.86. The number of rotatable bonds is 3. The van der Waals surface area contributed by atoms with E-state index in [0.717, 1.165) is 9.99 Å². The monoisotopic (exact) mass is 234 g/mol. The van der Waals surface area contributed by atoms with Crippen LogP contribution in [0.5, 0.6) is 0 Å². The van der Waals surface area contributed by atoms with E-state index >= 15 is 0 Å². The molecule has 1 aromatic carbocycles. The van der Waals surface area contributed by atoms with Gasteiger partial charge in [0.05, 0.1) is 0 Å². The number of carbonyl (C=O) groups is 1. The molecule has 0 radical (unpaired) electrons. The topological polar surface area (TPSA) is 30.2 Å². The van der Waals surface area contributed by atoms with Gasteiger partial charge in [0.1, 0.15) is 0 Å². The minimum atomic E-state index is 0.364. The van der Waals surface area contributed by atoms with Crippen LogP contribution in [0.4, 0.5) is 0 Å². The Morgan fingerprint density at radius 2 is 1.75 bits per heavy atom. The van der Waals surface area contributed by atoms with Crippen LogP contribution in [0, 0.1) is 0 Å². The molecule has 0 aliphatic carbocycles. The summed E-state index contributed by atoms with van der Waals surface area (Å²) in [5.41, 5.74) is 0. The minimum absolute atomic E-state index is 0.364. The maximum atomic E-state index is 10.4. The van der Waals surface area contributed by atoms with Crippen molar-refractivity contribution in [2.24, 2.45) is 0 Å². The number of aldehydes is 1. The Kier molecular flexibility index (Phi) is 5.43. The van der Waals surface area contributed by atoms with Crippen LogP contribution in [0.15, 0.2) is 56.9 Å². The third kappa shape index (κ3) is 3.59. The second-order valence-electron chi connectivity index (χ2n) is 2.69. The molecule has 0 saturated carbocycles. The third-order valence-corrected chi connectivity index (χ3v) is 2.61. The average Bonchev–Trinajstić information content (AvgIpc) is 2.81. The van der Waals surface area contributed by atoms with Gasteiger partial charge in [0.25, 0.3) is 0 Å². The van der Waals surface area contributed by atoms with Gasteiger partial charge >= 0.3 is 0 Å². The summed E-state index contributed by atoms with van der Waals surface area (Å²) in [6, 6.07) is 13.3. The van der Waals surface area contributed by atoms with Crippen molar-refractivity contribution in [2.75, 3.05) is 0 Å². The first-order valence-corrected chi connectivity index (χ1v) is 5.98. The van der Waals surface area contributed by atoms with Crippen LogP contribution < -0.4 is 0 Å². The predicted octanol–water partition coefficient (Wildman–Crippen LogP) is 4.27. The van der Waals surface area contributed by atoms with Gasteiger partial charge in [-0.05, 0) is 24.3 Å². The number of hydrogen-bond acceptors (Lipinski definition) is 3. The summed E-state index contributed by atoms with van der Waals surface area (Å²) in [4.78, 5) is 11.5. The summed E-state index contributed by atoms with van der Waals surface area (Å²) < 4.78 is 5.23. The van der Waals surface area contributed by atoms with Crippen molar-refractivity contribution < 1.29 is 9.21 Å². The van der Waals surface area contributed by atoms with E-state index in [2.05, 4.69) is 0 Å². The lowest BCUT2D eigenvalue weighted by Gasteiger charge is -1.95. The Hall–Kier alpha value is -1.48. The van der Waals surface area contributed by atoms with Crippen molar-refractivity contribution in [3.63, 3.8) is 0 Å². The normalized spacial score (nSPS) is 9.12. The molecule has 0 unspecified atom stereocenters. The summed E-state index contributed by atoms with van der Waals surface area (Å²) in [5, 5.41) is 0.735. The molecule has 84 valence electrons. The second-order valence-corrected chi connectivity index (χ2v) is 3.77. The van der Waals surface area contributed by atoms with E-state index in [0.29, 0.717) is 12.0 Å².